The van der Waals surface area contributed by atoms with Crippen LogP contribution in [0, 0.1) is 0 Å². The van der Waals surface area contributed by atoms with Crippen molar-refractivity contribution in [2.45, 2.75) is 6.54 Å². The molecule has 0 aliphatic carbocycles. The first-order valence-corrected chi connectivity index (χ1v) is 11.2. The van der Waals surface area contributed by atoms with Gasteiger partial charge in [0.25, 0.3) is 5.91 Å². The third-order valence-electron chi connectivity index (χ3n) is 5.90. The number of rotatable bonds is 6. The van der Waals surface area contributed by atoms with Crippen molar-refractivity contribution in [1.29, 1.82) is 0 Å². The third kappa shape index (κ3) is 5.04. The van der Waals surface area contributed by atoms with E-state index in [0.29, 0.717) is 17.1 Å². The van der Waals surface area contributed by atoms with E-state index in [-0.39, 0.29) is 5.91 Å². The summed E-state index contributed by atoms with van der Waals surface area (Å²) in [6.07, 6.45) is 0. The van der Waals surface area contributed by atoms with Crippen molar-refractivity contribution in [3.63, 3.8) is 0 Å². The van der Waals surface area contributed by atoms with Crippen LogP contribution in [0.4, 0.5) is 11.4 Å². The van der Waals surface area contributed by atoms with Crippen molar-refractivity contribution >= 4 is 34.5 Å². The lowest BCUT2D eigenvalue weighted by Gasteiger charge is -2.37. The zero-order valence-electron chi connectivity index (χ0n) is 18.4. The Bertz CT molecular complexity index is 1070. The van der Waals surface area contributed by atoms with Crippen LogP contribution in [-0.4, -0.2) is 44.0 Å². The quantitative estimate of drug-likeness (QED) is 0.479. The first-order valence-electron chi connectivity index (χ1n) is 10.9. The van der Waals surface area contributed by atoms with Crippen LogP contribution in [0.1, 0.15) is 11.1 Å². The fourth-order valence-electron chi connectivity index (χ4n) is 3.97. The van der Waals surface area contributed by atoms with Crippen molar-refractivity contribution in [3.05, 3.63) is 102 Å². The Morgan fingerprint density at radius 3 is 2.22 bits per heavy atom. The lowest BCUT2D eigenvalue weighted by Crippen LogP contribution is -2.45. The standard InChI is InChI=1S/C27H28ClN3O/c1-21(23-8-4-3-5-9-23)27(32)31(20-22-12-14-24(28)15-13-22)26-11-7-6-10-25(26)30-18-16-29(2)17-19-30/h3-15H,1,16-20H2,2H3. The van der Waals surface area contributed by atoms with Gasteiger partial charge in [-0.1, -0.05) is 72.8 Å². The predicted octanol–water partition coefficient (Wildman–Crippen LogP) is 5.34. The van der Waals surface area contributed by atoms with E-state index in [1.165, 1.54) is 0 Å². The summed E-state index contributed by atoms with van der Waals surface area (Å²) in [4.78, 5) is 20.3. The van der Waals surface area contributed by atoms with Crippen LogP contribution in [-0.2, 0) is 11.3 Å². The minimum Gasteiger partial charge on any atom is -0.367 e. The molecule has 5 heteroatoms. The summed E-state index contributed by atoms with van der Waals surface area (Å²) in [6, 6.07) is 25.4. The molecule has 1 amide bonds. The lowest BCUT2D eigenvalue weighted by atomic mass is 10.0. The zero-order valence-corrected chi connectivity index (χ0v) is 19.1. The molecule has 3 aromatic rings. The summed E-state index contributed by atoms with van der Waals surface area (Å²) in [7, 11) is 2.14. The molecule has 0 radical (unpaired) electrons. The number of hydrogen-bond acceptors (Lipinski definition) is 3. The molecule has 32 heavy (non-hydrogen) atoms. The molecule has 1 fully saturated rings. The topological polar surface area (TPSA) is 26.8 Å². The van der Waals surface area contributed by atoms with Crippen LogP contribution in [0.15, 0.2) is 85.4 Å². The maximum atomic E-state index is 13.8. The fourth-order valence-corrected chi connectivity index (χ4v) is 4.10. The number of anilines is 2. The number of hydrogen-bond donors (Lipinski definition) is 0. The maximum absolute atomic E-state index is 13.8. The number of benzene rings is 3. The number of carbonyl (C=O) groups is 1. The highest BCUT2D eigenvalue weighted by Crippen LogP contribution is 2.33. The van der Waals surface area contributed by atoms with Crippen molar-refractivity contribution in [2.24, 2.45) is 0 Å². The highest BCUT2D eigenvalue weighted by atomic mass is 35.5. The molecule has 164 valence electrons. The van der Waals surface area contributed by atoms with Crippen LogP contribution in [0.5, 0.6) is 0 Å². The highest BCUT2D eigenvalue weighted by Gasteiger charge is 2.25. The van der Waals surface area contributed by atoms with Crippen molar-refractivity contribution in [1.82, 2.24) is 4.90 Å². The Balaban J connectivity index is 1.72. The van der Waals surface area contributed by atoms with Crippen molar-refractivity contribution in [2.75, 3.05) is 43.0 Å². The number of para-hydroxylation sites is 2. The second-order valence-electron chi connectivity index (χ2n) is 8.14. The Hall–Kier alpha value is -3.08. The van der Waals surface area contributed by atoms with E-state index in [2.05, 4.69) is 29.5 Å². The number of carbonyl (C=O) groups excluding carboxylic acids is 1. The number of halogens is 1. The minimum absolute atomic E-state index is 0.104. The van der Waals surface area contributed by atoms with Crippen molar-refractivity contribution < 1.29 is 4.79 Å². The van der Waals surface area contributed by atoms with Gasteiger partial charge in [0.2, 0.25) is 0 Å². The van der Waals surface area contributed by atoms with E-state index < -0.39 is 0 Å². The summed E-state index contributed by atoms with van der Waals surface area (Å²) < 4.78 is 0. The van der Waals surface area contributed by atoms with Gasteiger partial charge in [0.15, 0.2) is 0 Å². The first-order chi connectivity index (χ1) is 15.5. The molecule has 0 bridgehead atoms. The molecule has 3 aromatic carbocycles. The highest BCUT2D eigenvalue weighted by molar-refractivity contribution is 6.30. The second kappa shape index (κ2) is 10.0. The van der Waals surface area contributed by atoms with Crippen LogP contribution in [0.25, 0.3) is 5.57 Å². The number of piperazine rings is 1. The van der Waals surface area contributed by atoms with Gasteiger partial charge in [0, 0.05) is 36.8 Å². The van der Waals surface area contributed by atoms with E-state index in [1.807, 2.05) is 77.7 Å². The molecule has 1 aliphatic heterocycles. The summed E-state index contributed by atoms with van der Waals surface area (Å²) in [5.41, 5.74) is 4.29. The SMILES string of the molecule is C=C(C(=O)N(Cc1ccc(Cl)cc1)c1ccccc1N1CCN(C)CC1)c1ccccc1. The normalized spacial score (nSPS) is 14.2. The molecule has 1 saturated heterocycles. The van der Waals surface area contributed by atoms with Crippen LogP contribution in [0.2, 0.25) is 5.02 Å². The number of likely N-dealkylation sites (N-methyl/N-ethyl adjacent to an activating group) is 1. The Morgan fingerprint density at radius 1 is 0.906 bits per heavy atom. The van der Waals surface area contributed by atoms with E-state index in [1.54, 1.807) is 0 Å². The number of nitrogens with zero attached hydrogens (tertiary/aromatic N) is 3. The second-order valence-corrected chi connectivity index (χ2v) is 8.58. The average molecular weight is 446 g/mol. The van der Waals surface area contributed by atoms with Gasteiger partial charge in [-0.05, 0) is 42.4 Å². The summed E-state index contributed by atoms with van der Waals surface area (Å²) in [5.74, 6) is -0.104. The molecule has 0 N–H and O–H groups in total. The van der Waals surface area contributed by atoms with Crippen molar-refractivity contribution in [3.8, 4) is 0 Å². The van der Waals surface area contributed by atoms with Gasteiger partial charge in [-0.15, -0.1) is 0 Å². The van der Waals surface area contributed by atoms with E-state index >= 15 is 0 Å². The third-order valence-corrected chi connectivity index (χ3v) is 6.15. The molecule has 0 aromatic heterocycles. The molecule has 0 saturated carbocycles. The molecular weight excluding hydrogens is 418 g/mol. The van der Waals surface area contributed by atoms with E-state index in [0.717, 1.165) is 48.7 Å². The van der Waals surface area contributed by atoms with Gasteiger partial charge in [-0.3, -0.25) is 4.79 Å². The van der Waals surface area contributed by atoms with Crippen LogP contribution < -0.4 is 9.80 Å². The molecule has 4 nitrogen and oxygen atoms in total. The van der Waals surface area contributed by atoms with Gasteiger partial charge in [-0.25, -0.2) is 0 Å². The van der Waals surface area contributed by atoms with Gasteiger partial charge in [-0.2, -0.15) is 0 Å². The summed E-state index contributed by atoms with van der Waals surface area (Å²) in [6.45, 7) is 8.43. The molecule has 0 spiro atoms. The van der Waals surface area contributed by atoms with Gasteiger partial charge < -0.3 is 14.7 Å². The van der Waals surface area contributed by atoms with Crippen LogP contribution in [0.3, 0.4) is 0 Å². The Morgan fingerprint density at radius 2 is 1.53 bits per heavy atom. The van der Waals surface area contributed by atoms with Crippen LogP contribution >= 0.6 is 11.6 Å². The largest absolute Gasteiger partial charge is 0.367 e. The molecule has 1 aliphatic rings. The summed E-state index contributed by atoms with van der Waals surface area (Å²) >= 11 is 6.09. The predicted molar refractivity (Wildman–Crippen MR) is 134 cm³/mol. The molecular formula is C27H28ClN3O. The fraction of sp³-hybridized carbons (Fsp3) is 0.222. The Labute approximate surface area is 195 Å². The maximum Gasteiger partial charge on any atom is 0.258 e. The monoisotopic (exact) mass is 445 g/mol. The molecule has 4 rings (SSSR count). The van der Waals surface area contributed by atoms with Gasteiger partial charge >= 0.3 is 0 Å². The van der Waals surface area contributed by atoms with Gasteiger partial charge in [0.05, 0.1) is 17.9 Å². The Kier molecular flexibility index (Phi) is 6.93. The molecule has 1 heterocycles. The first kappa shape index (κ1) is 22.1. The zero-order chi connectivity index (χ0) is 22.5. The molecule has 0 unspecified atom stereocenters. The van der Waals surface area contributed by atoms with Gasteiger partial charge in [0.1, 0.15) is 0 Å². The van der Waals surface area contributed by atoms with E-state index in [4.69, 9.17) is 11.6 Å². The summed E-state index contributed by atoms with van der Waals surface area (Å²) in [5, 5.41) is 0.679. The number of amides is 1. The smallest absolute Gasteiger partial charge is 0.258 e. The minimum atomic E-state index is -0.104. The lowest BCUT2D eigenvalue weighted by molar-refractivity contribution is -0.113. The molecule has 0 atom stereocenters. The van der Waals surface area contributed by atoms with E-state index in [9.17, 15) is 4.79 Å². The average Bonchev–Trinajstić information content (AvgIpc) is 2.84.